The van der Waals surface area contributed by atoms with Gasteiger partial charge in [-0.05, 0) is 17.5 Å². The van der Waals surface area contributed by atoms with Crippen molar-refractivity contribution in [2.45, 2.75) is 32.4 Å². The van der Waals surface area contributed by atoms with Gasteiger partial charge in [-0.2, -0.15) is 0 Å². The summed E-state index contributed by atoms with van der Waals surface area (Å²) in [5, 5.41) is 2.64. The molecule has 0 spiro atoms. The maximum absolute atomic E-state index is 12.7. The molecule has 2 aromatic rings. The average molecular weight is 383 g/mol. The Kier molecular flexibility index (Phi) is 8.21. The quantitative estimate of drug-likeness (QED) is 0.672. The van der Waals surface area contributed by atoms with Crippen LogP contribution in [0.5, 0.6) is 0 Å². The monoisotopic (exact) mass is 383 g/mol. The smallest absolute Gasteiger partial charge is 0.408 e. The van der Waals surface area contributed by atoms with Crippen LogP contribution < -0.4 is 5.32 Å². The minimum Gasteiger partial charge on any atom is -0.469 e. The van der Waals surface area contributed by atoms with E-state index in [2.05, 4.69) is 10.1 Å². The first-order valence-electron chi connectivity index (χ1n) is 9.11. The highest BCUT2D eigenvalue weighted by molar-refractivity contribution is 5.90. The Labute approximate surface area is 164 Å². The van der Waals surface area contributed by atoms with Gasteiger partial charge in [-0.25, -0.2) is 4.79 Å². The molecule has 2 atom stereocenters. The third-order valence-electron chi connectivity index (χ3n) is 4.29. The van der Waals surface area contributed by atoms with E-state index < -0.39 is 24.0 Å². The molecular weight excluding hydrogens is 358 g/mol. The van der Waals surface area contributed by atoms with Gasteiger partial charge in [0.2, 0.25) is 0 Å². The Morgan fingerprint density at radius 2 is 1.50 bits per heavy atom. The van der Waals surface area contributed by atoms with E-state index in [1.807, 2.05) is 60.7 Å². The van der Waals surface area contributed by atoms with Crippen LogP contribution in [0.2, 0.25) is 0 Å². The summed E-state index contributed by atoms with van der Waals surface area (Å²) >= 11 is 0. The molecule has 0 saturated heterocycles. The summed E-state index contributed by atoms with van der Waals surface area (Å²) in [6.07, 6.45) is -0.388. The highest BCUT2D eigenvalue weighted by Gasteiger charge is 2.26. The summed E-state index contributed by atoms with van der Waals surface area (Å²) in [5.41, 5.74) is 1.75. The summed E-state index contributed by atoms with van der Waals surface area (Å²) in [4.78, 5) is 36.6. The van der Waals surface area contributed by atoms with Gasteiger partial charge in [-0.15, -0.1) is 0 Å². The van der Waals surface area contributed by atoms with Crippen molar-refractivity contribution >= 4 is 17.8 Å². The molecule has 2 unspecified atom stereocenters. The lowest BCUT2D eigenvalue weighted by Gasteiger charge is -2.19. The first-order valence-corrected chi connectivity index (χ1v) is 9.11. The molecule has 0 saturated carbocycles. The highest BCUT2D eigenvalue weighted by Crippen LogP contribution is 2.11. The van der Waals surface area contributed by atoms with Crippen molar-refractivity contribution in [3.8, 4) is 0 Å². The number of nitrogens with one attached hydrogen (secondary N) is 1. The first kappa shape index (κ1) is 21.2. The van der Waals surface area contributed by atoms with E-state index in [-0.39, 0.29) is 18.8 Å². The largest absolute Gasteiger partial charge is 0.469 e. The predicted molar refractivity (Wildman–Crippen MR) is 105 cm³/mol. The number of ether oxygens (including phenoxy) is 2. The number of esters is 1. The summed E-state index contributed by atoms with van der Waals surface area (Å²) in [6, 6.07) is 17.8. The Balaban J connectivity index is 2.01. The number of Topliss-reactive ketones (excluding diaryl/α,β-unsaturated/α-hetero) is 1. The topological polar surface area (TPSA) is 81.7 Å². The molecule has 6 heteroatoms. The molecular formula is C22H25NO5. The van der Waals surface area contributed by atoms with Crippen LogP contribution in [-0.4, -0.2) is 31.0 Å². The Morgan fingerprint density at radius 3 is 2.07 bits per heavy atom. The van der Waals surface area contributed by atoms with E-state index in [9.17, 15) is 14.4 Å². The molecule has 1 N–H and O–H groups in total. The number of hydrogen-bond donors (Lipinski definition) is 1. The zero-order valence-electron chi connectivity index (χ0n) is 16.1. The van der Waals surface area contributed by atoms with E-state index in [0.29, 0.717) is 6.42 Å². The number of carbonyl (C=O) groups is 3. The van der Waals surface area contributed by atoms with Gasteiger partial charge < -0.3 is 14.8 Å². The van der Waals surface area contributed by atoms with Gasteiger partial charge in [0.25, 0.3) is 0 Å². The normalized spacial score (nSPS) is 12.5. The molecule has 0 aromatic heterocycles. The molecule has 0 aliphatic rings. The van der Waals surface area contributed by atoms with Crippen LogP contribution in [0.15, 0.2) is 60.7 Å². The van der Waals surface area contributed by atoms with E-state index in [4.69, 9.17) is 4.74 Å². The minimum atomic E-state index is -0.794. The zero-order valence-corrected chi connectivity index (χ0v) is 16.1. The van der Waals surface area contributed by atoms with Crippen molar-refractivity contribution < 1.29 is 23.9 Å². The van der Waals surface area contributed by atoms with Crippen molar-refractivity contribution in [2.75, 3.05) is 7.11 Å². The molecule has 148 valence electrons. The first-order chi connectivity index (χ1) is 13.5. The number of amides is 1. The van der Waals surface area contributed by atoms with Crippen LogP contribution >= 0.6 is 0 Å². The van der Waals surface area contributed by atoms with E-state index in [1.165, 1.54) is 7.11 Å². The number of ketones is 1. The second kappa shape index (κ2) is 10.9. The van der Waals surface area contributed by atoms with Crippen molar-refractivity contribution in [3.63, 3.8) is 0 Å². The zero-order chi connectivity index (χ0) is 20.4. The molecule has 0 radical (unpaired) electrons. The van der Waals surface area contributed by atoms with Crippen LogP contribution in [0, 0.1) is 5.92 Å². The molecule has 0 heterocycles. The molecule has 6 nitrogen and oxygen atoms in total. The average Bonchev–Trinajstić information content (AvgIpc) is 2.72. The van der Waals surface area contributed by atoms with Gasteiger partial charge in [0.05, 0.1) is 19.1 Å². The minimum absolute atomic E-state index is 0.0247. The summed E-state index contributed by atoms with van der Waals surface area (Å²) in [7, 11) is 1.28. The van der Waals surface area contributed by atoms with Gasteiger partial charge in [-0.1, -0.05) is 67.6 Å². The fourth-order valence-electron chi connectivity index (χ4n) is 2.73. The molecule has 0 aliphatic carbocycles. The lowest BCUT2D eigenvalue weighted by molar-refractivity contribution is -0.146. The molecule has 2 aromatic carbocycles. The lowest BCUT2D eigenvalue weighted by Crippen LogP contribution is -2.43. The Hall–Kier alpha value is -3.15. The Morgan fingerprint density at radius 1 is 0.929 bits per heavy atom. The van der Waals surface area contributed by atoms with E-state index >= 15 is 0 Å². The second-order valence-electron chi connectivity index (χ2n) is 6.54. The number of methoxy groups -OCH3 is 1. The molecule has 1 amide bonds. The summed E-state index contributed by atoms with van der Waals surface area (Å²) in [6.45, 7) is 1.73. The predicted octanol–water partition coefficient (Wildman–Crippen LogP) is 3.29. The molecule has 0 aliphatic heterocycles. The standard InChI is InChI=1S/C22H25NO5/c1-16(21(25)27-2)13-20(24)19(14-17-9-5-3-6-10-17)23-22(26)28-15-18-11-7-4-8-12-18/h3-12,16,19H,13-15H2,1-2H3,(H,23,26). The third-order valence-corrected chi connectivity index (χ3v) is 4.29. The van der Waals surface area contributed by atoms with Crippen LogP contribution in [0.3, 0.4) is 0 Å². The van der Waals surface area contributed by atoms with Gasteiger partial charge in [0.1, 0.15) is 6.61 Å². The number of rotatable bonds is 9. The highest BCUT2D eigenvalue weighted by atomic mass is 16.5. The molecule has 0 bridgehead atoms. The lowest BCUT2D eigenvalue weighted by atomic mass is 9.95. The van der Waals surface area contributed by atoms with Crippen LogP contribution in [0.4, 0.5) is 4.79 Å². The Bertz CT molecular complexity index is 776. The second-order valence-corrected chi connectivity index (χ2v) is 6.54. The molecule has 2 rings (SSSR count). The van der Waals surface area contributed by atoms with Gasteiger partial charge >= 0.3 is 12.1 Å². The van der Waals surface area contributed by atoms with Gasteiger partial charge in [0, 0.05) is 6.42 Å². The molecule has 28 heavy (non-hydrogen) atoms. The summed E-state index contributed by atoms with van der Waals surface area (Å²) in [5.74, 6) is -1.30. The fraction of sp³-hybridized carbons (Fsp3) is 0.318. The van der Waals surface area contributed by atoms with Gasteiger partial charge in [0.15, 0.2) is 5.78 Å². The molecule has 0 fully saturated rings. The van der Waals surface area contributed by atoms with Crippen molar-refractivity contribution in [2.24, 2.45) is 5.92 Å². The maximum atomic E-state index is 12.7. The van der Waals surface area contributed by atoms with Crippen LogP contribution in [0.25, 0.3) is 0 Å². The van der Waals surface area contributed by atoms with Crippen molar-refractivity contribution in [1.29, 1.82) is 0 Å². The summed E-state index contributed by atoms with van der Waals surface area (Å²) < 4.78 is 9.90. The number of benzene rings is 2. The van der Waals surface area contributed by atoms with E-state index in [0.717, 1.165) is 11.1 Å². The number of alkyl carbamates (subject to hydrolysis) is 1. The van der Waals surface area contributed by atoms with E-state index in [1.54, 1.807) is 6.92 Å². The van der Waals surface area contributed by atoms with Crippen molar-refractivity contribution in [3.05, 3.63) is 71.8 Å². The van der Waals surface area contributed by atoms with Crippen LogP contribution in [-0.2, 0) is 32.1 Å². The van der Waals surface area contributed by atoms with Crippen molar-refractivity contribution in [1.82, 2.24) is 5.32 Å². The number of hydrogen-bond acceptors (Lipinski definition) is 5. The SMILES string of the molecule is COC(=O)C(C)CC(=O)C(Cc1ccccc1)NC(=O)OCc1ccccc1. The fourth-order valence-corrected chi connectivity index (χ4v) is 2.73. The maximum Gasteiger partial charge on any atom is 0.408 e. The van der Waals surface area contributed by atoms with Gasteiger partial charge in [-0.3, -0.25) is 9.59 Å². The number of carbonyl (C=O) groups excluding carboxylic acids is 3. The third kappa shape index (κ3) is 6.87. The van der Waals surface area contributed by atoms with Crippen LogP contribution in [0.1, 0.15) is 24.5 Å².